The summed E-state index contributed by atoms with van der Waals surface area (Å²) in [5.74, 6) is 1.22. The third-order valence-electron chi connectivity index (χ3n) is 5.98. The smallest absolute Gasteiger partial charge is 0.160 e. The third kappa shape index (κ3) is 5.19. The Kier molecular flexibility index (Phi) is 7.55. The van der Waals surface area contributed by atoms with Crippen LogP contribution in [0.1, 0.15) is 42.9 Å². The van der Waals surface area contributed by atoms with Crippen molar-refractivity contribution in [2.24, 2.45) is 0 Å². The van der Waals surface area contributed by atoms with Crippen LogP contribution in [0.15, 0.2) is 42.9 Å². The Labute approximate surface area is 213 Å². The molecular formula is C23H26ClN7O4S. The molecule has 0 radical (unpaired) electrons. The Morgan fingerprint density at radius 2 is 1.67 bits per heavy atom. The number of hydrogen-bond acceptors (Lipinski definition) is 9. The summed E-state index contributed by atoms with van der Waals surface area (Å²) in [4.78, 5) is 8.39. The van der Waals surface area contributed by atoms with E-state index in [-0.39, 0.29) is 11.6 Å². The number of benzene rings is 1. The molecule has 0 saturated carbocycles. The highest BCUT2D eigenvalue weighted by Gasteiger charge is 2.32. The predicted molar refractivity (Wildman–Crippen MR) is 133 cm³/mol. The molecule has 0 unspecified atom stereocenters. The topological polar surface area (TPSA) is 138 Å². The molecule has 11 nitrogen and oxygen atoms in total. The number of nitrogens with one attached hydrogen (secondary N) is 1. The van der Waals surface area contributed by atoms with E-state index in [2.05, 4.69) is 30.4 Å². The monoisotopic (exact) mass is 531 g/mol. The van der Waals surface area contributed by atoms with Crippen molar-refractivity contribution in [2.45, 2.75) is 37.2 Å². The Morgan fingerprint density at radius 1 is 1.03 bits per heavy atom. The zero-order valence-corrected chi connectivity index (χ0v) is 21.8. The maximum absolute atomic E-state index is 13.6. The average Bonchev–Trinajstić information content (AvgIpc) is 3.53. The molecule has 0 saturated heterocycles. The Hall–Kier alpha value is -3.51. The highest BCUT2D eigenvalue weighted by atomic mass is 35.5. The zero-order valence-electron chi connectivity index (χ0n) is 20.2. The summed E-state index contributed by atoms with van der Waals surface area (Å²) in [6.45, 7) is 3.40. The molecule has 4 rings (SSSR count). The van der Waals surface area contributed by atoms with Gasteiger partial charge in [-0.05, 0) is 25.1 Å². The molecule has 0 bridgehead atoms. The van der Waals surface area contributed by atoms with Gasteiger partial charge in [-0.25, -0.2) is 18.4 Å². The number of para-hydroxylation sites is 1. The van der Waals surface area contributed by atoms with Gasteiger partial charge < -0.3 is 9.47 Å². The molecule has 0 aliphatic heterocycles. The summed E-state index contributed by atoms with van der Waals surface area (Å²) < 4.78 is 40.0. The molecule has 1 N–H and O–H groups in total. The second-order valence-electron chi connectivity index (χ2n) is 8.20. The van der Waals surface area contributed by atoms with Crippen LogP contribution >= 0.6 is 11.6 Å². The number of hydrogen-bond donors (Lipinski definition) is 1. The largest absolute Gasteiger partial charge is 0.494 e. The molecule has 0 aliphatic carbocycles. The first-order valence-electron chi connectivity index (χ1n) is 11.1. The van der Waals surface area contributed by atoms with E-state index in [1.807, 2.05) is 6.07 Å². The summed E-state index contributed by atoms with van der Waals surface area (Å²) in [6.07, 6.45) is 4.86. The van der Waals surface area contributed by atoms with Gasteiger partial charge in [0.05, 0.1) is 30.9 Å². The Balaban J connectivity index is 1.76. The summed E-state index contributed by atoms with van der Waals surface area (Å²) in [6, 6.07) is 7.12. The van der Waals surface area contributed by atoms with Crippen LogP contribution in [0.3, 0.4) is 0 Å². The second kappa shape index (κ2) is 10.6. The van der Waals surface area contributed by atoms with E-state index in [0.29, 0.717) is 40.3 Å². The van der Waals surface area contributed by atoms with Crippen molar-refractivity contribution in [2.75, 3.05) is 14.2 Å². The average molecular weight is 532 g/mol. The van der Waals surface area contributed by atoms with Crippen LogP contribution in [0, 0.1) is 0 Å². The van der Waals surface area contributed by atoms with Crippen LogP contribution in [-0.4, -0.2) is 62.8 Å². The van der Waals surface area contributed by atoms with Gasteiger partial charge >= 0.3 is 0 Å². The molecule has 4 aromatic rings. The number of aromatic amines is 1. The fourth-order valence-electron chi connectivity index (χ4n) is 3.82. The second-order valence-corrected chi connectivity index (χ2v) is 11.0. The van der Waals surface area contributed by atoms with Crippen LogP contribution in [0.25, 0.3) is 5.69 Å². The van der Waals surface area contributed by atoms with Crippen molar-refractivity contribution in [1.29, 1.82) is 0 Å². The van der Waals surface area contributed by atoms with Crippen LogP contribution in [0.4, 0.5) is 0 Å². The number of rotatable bonds is 10. The quantitative estimate of drug-likeness (QED) is 0.327. The molecule has 0 spiro atoms. The first-order chi connectivity index (χ1) is 17.2. The van der Waals surface area contributed by atoms with Crippen molar-refractivity contribution >= 4 is 21.4 Å². The molecule has 2 atom stereocenters. The fraction of sp³-hybridized carbons (Fsp3) is 0.348. The highest BCUT2D eigenvalue weighted by molar-refractivity contribution is 7.91. The molecule has 1 aromatic carbocycles. The molecule has 13 heteroatoms. The highest BCUT2D eigenvalue weighted by Crippen LogP contribution is 2.35. The number of methoxy groups -OCH3 is 2. The number of sulfone groups is 1. The van der Waals surface area contributed by atoms with E-state index in [4.69, 9.17) is 21.1 Å². The number of ether oxygens (including phenoxy) is 2. The summed E-state index contributed by atoms with van der Waals surface area (Å²) in [5.41, 5.74) is 1.29. The van der Waals surface area contributed by atoms with Gasteiger partial charge in [0.2, 0.25) is 0 Å². The Morgan fingerprint density at radius 3 is 2.25 bits per heavy atom. The van der Waals surface area contributed by atoms with E-state index >= 15 is 0 Å². The molecule has 0 fully saturated rings. The number of halogens is 1. The lowest BCUT2D eigenvalue weighted by molar-refractivity contribution is 0.390. The SMILES string of the molecule is COc1cccc(OC)c1-n1c(Cc2ccn[nH]2)nnc1CS(=O)(=O)[C@@H](C)[C@H](C)c1ncc(Cl)cn1. The van der Waals surface area contributed by atoms with Crippen LogP contribution in [-0.2, 0) is 22.0 Å². The molecule has 190 valence electrons. The predicted octanol–water partition coefficient (Wildman–Crippen LogP) is 3.15. The maximum atomic E-state index is 13.6. The van der Waals surface area contributed by atoms with E-state index in [1.165, 1.54) is 26.6 Å². The van der Waals surface area contributed by atoms with Crippen molar-refractivity contribution in [3.63, 3.8) is 0 Å². The first-order valence-corrected chi connectivity index (χ1v) is 13.2. The van der Waals surface area contributed by atoms with Crippen LogP contribution in [0.5, 0.6) is 11.5 Å². The van der Waals surface area contributed by atoms with Gasteiger partial charge in [0.1, 0.15) is 34.6 Å². The van der Waals surface area contributed by atoms with E-state index in [1.54, 1.807) is 42.8 Å². The minimum Gasteiger partial charge on any atom is -0.494 e. The van der Waals surface area contributed by atoms with Crippen molar-refractivity contribution < 1.29 is 17.9 Å². The lowest BCUT2D eigenvalue weighted by atomic mass is 10.1. The van der Waals surface area contributed by atoms with Gasteiger partial charge in [-0.15, -0.1) is 10.2 Å². The van der Waals surface area contributed by atoms with Gasteiger partial charge in [-0.3, -0.25) is 9.67 Å². The van der Waals surface area contributed by atoms with Gasteiger partial charge in [0, 0.05) is 30.2 Å². The molecular weight excluding hydrogens is 506 g/mol. The number of aromatic nitrogens is 7. The standard InChI is InChI=1S/C23H26ClN7O4S/c1-14(23-25-11-16(24)12-26-23)15(2)36(32,33)13-21-30-29-20(10-17-8-9-27-28-17)31(21)22-18(34-3)6-5-7-19(22)35-4/h5-9,11-12,14-15H,10,13H2,1-4H3,(H,27,28)/t14-,15-/m0/s1. The molecule has 3 aromatic heterocycles. The van der Waals surface area contributed by atoms with Gasteiger partial charge in [-0.1, -0.05) is 24.6 Å². The van der Waals surface area contributed by atoms with Gasteiger partial charge in [0.25, 0.3) is 0 Å². The summed E-state index contributed by atoms with van der Waals surface area (Å²) in [7, 11) is -0.665. The number of nitrogens with zero attached hydrogens (tertiary/aromatic N) is 6. The minimum absolute atomic E-state index is 0.225. The van der Waals surface area contributed by atoms with Gasteiger partial charge in [0.15, 0.2) is 15.7 Å². The lowest BCUT2D eigenvalue weighted by Crippen LogP contribution is -2.27. The molecule has 0 aliphatic rings. The van der Waals surface area contributed by atoms with E-state index in [0.717, 1.165) is 5.69 Å². The zero-order chi connectivity index (χ0) is 25.9. The number of H-pyrrole nitrogens is 1. The normalized spacial score (nSPS) is 13.4. The lowest BCUT2D eigenvalue weighted by Gasteiger charge is -2.20. The summed E-state index contributed by atoms with van der Waals surface area (Å²) in [5, 5.41) is 15.1. The fourth-order valence-corrected chi connectivity index (χ4v) is 5.47. The molecule has 3 heterocycles. The van der Waals surface area contributed by atoms with Gasteiger partial charge in [-0.2, -0.15) is 5.10 Å². The maximum Gasteiger partial charge on any atom is 0.160 e. The van der Waals surface area contributed by atoms with Crippen molar-refractivity contribution in [3.05, 3.63) is 71.0 Å². The Bertz CT molecular complexity index is 1400. The minimum atomic E-state index is -3.73. The van der Waals surface area contributed by atoms with E-state index in [9.17, 15) is 8.42 Å². The summed E-state index contributed by atoms with van der Waals surface area (Å²) >= 11 is 5.88. The molecule has 36 heavy (non-hydrogen) atoms. The third-order valence-corrected chi connectivity index (χ3v) is 8.37. The van der Waals surface area contributed by atoms with Crippen molar-refractivity contribution in [1.82, 2.24) is 34.9 Å². The van der Waals surface area contributed by atoms with E-state index < -0.39 is 21.0 Å². The molecule has 0 amide bonds. The first kappa shape index (κ1) is 25.6. The van der Waals surface area contributed by atoms with Crippen molar-refractivity contribution in [3.8, 4) is 17.2 Å². The van der Waals surface area contributed by atoms with Crippen LogP contribution in [0.2, 0.25) is 5.02 Å². The van der Waals surface area contributed by atoms with Crippen LogP contribution < -0.4 is 9.47 Å².